The number of hydrogen-bond donors (Lipinski definition) is 1. The van der Waals surface area contributed by atoms with Gasteiger partial charge >= 0.3 is 0 Å². The highest BCUT2D eigenvalue weighted by molar-refractivity contribution is 5.82. The first kappa shape index (κ1) is 14.3. The van der Waals surface area contributed by atoms with Gasteiger partial charge in [-0.15, -0.1) is 0 Å². The van der Waals surface area contributed by atoms with Crippen LogP contribution in [0.3, 0.4) is 0 Å². The van der Waals surface area contributed by atoms with Crippen LogP contribution in [0.25, 0.3) is 0 Å². The fourth-order valence-corrected chi connectivity index (χ4v) is 4.17. The smallest absolute Gasteiger partial charge is 0.252 e. The van der Waals surface area contributed by atoms with Crippen molar-refractivity contribution in [2.24, 2.45) is 5.92 Å². The average molecular weight is 280 g/mol. The summed E-state index contributed by atoms with van der Waals surface area (Å²) < 4.78 is 5.71. The van der Waals surface area contributed by atoms with Crippen molar-refractivity contribution >= 4 is 5.91 Å². The van der Waals surface area contributed by atoms with Gasteiger partial charge in [-0.1, -0.05) is 13.8 Å². The van der Waals surface area contributed by atoms with Crippen molar-refractivity contribution in [1.82, 2.24) is 10.2 Å². The zero-order valence-electron chi connectivity index (χ0n) is 12.8. The fourth-order valence-electron chi connectivity index (χ4n) is 4.17. The molecular formula is C16H28N2O2. The molecule has 0 saturated carbocycles. The lowest BCUT2D eigenvalue weighted by molar-refractivity contribution is -0.145. The number of nitrogens with one attached hydrogen (secondary N) is 1. The van der Waals surface area contributed by atoms with Crippen LogP contribution in [0.5, 0.6) is 0 Å². The maximum Gasteiger partial charge on any atom is 0.252 e. The number of fused-ring (bicyclic) bond motifs is 2. The van der Waals surface area contributed by atoms with Crippen molar-refractivity contribution in [2.45, 2.75) is 76.6 Å². The highest BCUT2D eigenvalue weighted by Crippen LogP contribution is 2.31. The van der Waals surface area contributed by atoms with E-state index in [1.807, 2.05) is 0 Å². The number of hydrogen-bond acceptors (Lipinski definition) is 3. The molecule has 4 heteroatoms. The van der Waals surface area contributed by atoms with Gasteiger partial charge in [-0.25, -0.2) is 0 Å². The van der Waals surface area contributed by atoms with Crippen LogP contribution in [0.4, 0.5) is 0 Å². The summed E-state index contributed by atoms with van der Waals surface area (Å²) in [6.45, 7) is 5.94. The number of rotatable bonds is 4. The van der Waals surface area contributed by atoms with Gasteiger partial charge in [0.05, 0.1) is 0 Å². The van der Waals surface area contributed by atoms with Crippen LogP contribution >= 0.6 is 0 Å². The topological polar surface area (TPSA) is 41.6 Å². The van der Waals surface area contributed by atoms with E-state index in [2.05, 4.69) is 24.1 Å². The standard InChI is InChI=1S/C16H28N2O2/c1-3-7-18(16(19)15-11(2)6-8-20-15)14-9-12-4-5-13(10-14)17-12/h11-15,17H,3-10H2,1-2H3. The Bertz CT molecular complexity index is 348. The summed E-state index contributed by atoms with van der Waals surface area (Å²) in [7, 11) is 0. The summed E-state index contributed by atoms with van der Waals surface area (Å²) in [6, 6.07) is 1.69. The molecule has 1 amide bonds. The fraction of sp³-hybridized carbons (Fsp3) is 0.938. The Labute approximate surface area is 122 Å². The van der Waals surface area contributed by atoms with Crippen molar-refractivity contribution in [3.05, 3.63) is 0 Å². The molecule has 3 heterocycles. The first-order chi connectivity index (χ1) is 9.69. The largest absolute Gasteiger partial charge is 0.368 e. The first-order valence-electron chi connectivity index (χ1n) is 8.37. The van der Waals surface area contributed by atoms with E-state index in [9.17, 15) is 4.79 Å². The second kappa shape index (κ2) is 6.02. The van der Waals surface area contributed by atoms with Gasteiger partial charge < -0.3 is 15.0 Å². The van der Waals surface area contributed by atoms with E-state index >= 15 is 0 Å². The number of amides is 1. The molecule has 1 N–H and O–H groups in total. The first-order valence-corrected chi connectivity index (χ1v) is 8.37. The zero-order valence-corrected chi connectivity index (χ0v) is 12.8. The third kappa shape index (κ3) is 2.73. The molecule has 4 atom stereocenters. The molecule has 114 valence electrons. The Morgan fingerprint density at radius 1 is 1.25 bits per heavy atom. The van der Waals surface area contributed by atoms with Gasteiger partial charge in [0, 0.05) is 31.3 Å². The highest BCUT2D eigenvalue weighted by atomic mass is 16.5. The van der Waals surface area contributed by atoms with Crippen LogP contribution in [0.2, 0.25) is 0 Å². The molecule has 0 spiro atoms. The second-order valence-electron chi connectivity index (χ2n) is 6.85. The van der Waals surface area contributed by atoms with Gasteiger partial charge in [0.25, 0.3) is 5.91 Å². The molecule has 20 heavy (non-hydrogen) atoms. The Morgan fingerprint density at radius 3 is 2.50 bits per heavy atom. The van der Waals surface area contributed by atoms with E-state index in [4.69, 9.17) is 4.74 Å². The van der Waals surface area contributed by atoms with Crippen LogP contribution in [-0.2, 0) is 9.53 Å². The average Bonchev–Trinajstić information content (AvgIpc) is 3.01. The molecule has 3 rings (SSSR count). The van der Waals surface area contributed by atoms with Crippen LogP contribution in [0.15, 0.2) is 0 Å². The maximum atomic E-state index is 12.9. The van der Waals surface area contributed by atoms with Crippen molar-refractivity contribution in [1.29, 1.82) is 0 Å². The molecule has 3 fully saturated rings. The monoisotopic (exact) mass is 280 g/mol. The summed E-state index contributed by atoms with van der Waals surface area (Å²) in [6.07, 6.45) is 6.69. The molecule has 4 unspecified atom stereocenters. The van der Waals surface area contributed by atoms with E-state index in [1.165, 1.54) is 12.8 Å². The quantitative estimate of drug-likeness (QED) is 0.855. The van der Waals surface area contributed by atoms with Gasteiger partial charge in [-0.2, -0.15) is 0 Å². The van der Waals surface area contributed by atoms with Crippen LogP contribution < -0.4 is 5.32 Å². The van der Waals surface area contributed by atoms with Gasteiger partial charge in [0.2, 0.25) is 0 Å². The minimum atomic E-state index is -0.186. The minimum Gasteiger partial charge on any atom is -0.368 e. The molecule has 3 saturated heterocycles. The number of piperidine rings is 1. The molecule has 3 aliphatic heterocycles. The van der Waals surface area contributed by atoms with Crippen LogP contribution in [-0.4, -0.2) is 48.2 Å². The van der Waals surface area contributed by atoms with E-state index in [0.717, 1.165) is 38.8 Å². The van der Waals surface area contributed by atoms with Gasteiger partial charge in [0.1, 0.15) is 6.10 Å². The lowest BCUT2D eigenvalue weighted by atomic mass is 9.96. The summed E-state index contributed by atoms with van der Waals surface area (Å²) in [4.78, 5) is 15.0. The molecule has 0 aromatic rings. The van der Waals surface area contributed by atoms with Gasteiger partial charge in [-0.3, -0.25) is 4.79 Å². The molecule has 0 aromatic heterocycles. The Hall–Kier alpha value is -0.610. The molecule has 0 aromatic carbocycles. The molecule has 4 nitrogen and oxygen atoms in total. The molecule has 0 radical (unpaired) electrons. The molecule has 0 aliphatic carbocycles. The Morgan fingerprint density at radius 2 is 1.95 bits per heavy atom. The van der Waals surface area contributed by atoms with Crippen molar-refractivity contribution < 1.29 is 9.53 Å². The number of ether oxygens (including phenoxy) is 1. The van der Waals surface area contributed by atoms with Crippen molar-refractivity contribution in [3.63, 3.8) is 0 Å². The SMILES string of the molecule is CCCN(C(=O)C1OCCC1C)C1CC2CCC(C1)N2. The summed E-state index contributed by atoms with van der Waals surface area (Å²) >= 11 is 0. The third-order valence-electron chi connectivity index (χ3n) is 5.27. The molecule has 2 bridgehead atoms. The van der Waals surface area contributed by atoms with Crippen LogP contribution in [0.1, 0.15) is 52.4 Å². The van der Waals surface area contributed by atoms with Crippen molar-refractivity contribution in [3.8, 4) is 0 Å². The predicted molar refractivity (Wildman–Crippen MR) is 78.5 cm³/mol. The number of carbonyl (C=O) groups excluding carboxylic acids is 1. The molecular weight excluding hydrogens is 252 g/mol. The van der Waals surface area contributed by atoms with E-state index in [1.54, 1.807) is 0 Å². The van der Waals surface area contributed by atoms with Gasteiger partial charge in [-0.05, 0) is 44.4 Å². The second-order valence-corrected chi connectivity index (χ2v) is 6.85. The number of nitrogens with zero attached hydrogens (tertiary/aromatic N) is 1. The van der Waals surface area contributed by atoms with E-state index < -0.39 is 0 Å². The maximum absolute atomic E-state index is 12.9. The molecule has 3 aliphatic rings. The lowest BCUT2D eigenvalue weighted by Gasteiger charge is -2.39. The minimum absolute atomic E-state index is 0.186. The summed E-state index contributed by atoms with van der Waals surface area (Å²) in [5.74, 6) is 0.628. The summed E-state index contributed by atoms with van der Waals surface area (Å²) in [5.41, 5.74) is 0. The number of carbonyl (C=O) groups is 1. The normalized spacial score (nSPS) is 40.0. The lowest BCUT2D eigenvalue weighted by Crippen LogP contribution is -2.53. The third-order valence-corrected chi connectivity index (χ3v) is 5.27. The van der Waals surface area contributed by atoms with E-state index in [0.29, 0.717) is 24.0 Å². The van der Waals surface area contributed by atoms with Gasteiger partial charge in [0.15, 0.2) is 0 Å². The Balaban J connectivity index is 1.69. The zero-order chi connectivity index (χ0) is 14.1. The summed E-state index contributed by atoms with van der Waals surface area (Å²) in [5, 5.41) is 3.67. The predicted octanol–water partition coefficient (Wildman–Crippen LogP) is 1.93. The van der Waals surface area contributed by atoms with E-state index in [-0.39, 0.29) is 12.0 Å². The van der Waals surface area contributed by atoms with Crippen LogP contribution in [0, 0.1) is 5.92 Å². The van der Waals surface area contributed by atoms with Crippen molar-refractivity contribution in [2.75, 3.05) is 13.2 Å². The Kier molecular flexibility index (Phi) is 4.32. The highest BCUT2D eigenvalue weighted by Gasteiger charge is 2.41.